The molecule has 1 fully saturated rings. The van der Waals surface area contributed by atoms with Gasteiger partial charge in [0.25, 0.3) is 0 Å². The fourth-order valence-corrected chi connectivity index (χ4v) is 3.21. The molecule has 3 nitrogen and oxygen atoms in total. The van der Waals surface area contributed by atoms with Crippen molar-refractivity contribution in [1.29, 1.82) is 5.26 Å². The summed E-state index contributed by atoms with van der Waals surface area (Å²) in [7, 11) is 0. The van der Waals surface area contributed by atoms with E-state index in [-0.39, 0.29) is 16.2 Å². The highest BCUT2D eigenvalue weighted by molar-refractivity contribution is 7.96. The molecule has 1 aliphatic heterocycles. The van der Waals surface area contributed by atoms with Crippen LogP contribution in [0.25, 0.3) is 0 Å². The molecule has 0 aromatic rings. The van der Waals surface area contributed by atoms with Crippen LogP contribution < -0.4 is 0 Å². The van der Waals surface area contributed by atoms with Crippen molar-refractivity contribution in [2.45, 2.75) is 58.0 Å². The molecule has 0 radical (unpaired) electrons. The van der Waals surface area contributed by atoms with Crippen LogP contribution in [-0.4, -0.2) is 20.6 Å². The van der Waals surface area contributed by atoms with Gasteiger partial charge >= 0.3 is 0 Å². The molecule has 0 aromatic heterocycles. The molecule has 0 unspecified atom stereocenters. The molecule has 0 atom stereocenters. The van der Waals surface area contributed by atoms with Gasteiger partial charge in [-0.25, -0.2) is 4.31 Å². The van der Waals surface area contributed by atoms with Gasteiger partial charge < -0.3 is 0 Å². The summed E-state index contributed by atoms with van der Waals surface area (Å²) in [5.74, 6) is 0. The van der Waals surface area contributed by atoms with Gasteiger partial charge in [-0.3, -0.25) is 0 Å². The Hall–Kier alpha value is -0.240. The zero-order valence-corrected chi connectivity index (χ0v) is 11.8. The molecule has 1 aliphatic rings. The molecule has 0 aliphatic carbocycles. The first kappa shape index (κ1) is 13.8. The molecular formula is C11H18ClN3S. The minimum atomic E-state index is 0.00201. The quantitative estimate of drug-likeness (QED) is 0.560. The highest BCUT2D eigenvalue weighted by Gasteiger charge is 2.42. The van der Waals surface area contributed by atoms with Crippen LogP contribution in [-0.2, 0) is 0 Å². The summed E-state index contributed by atoms with van der Waals surface area (Å²) in [6, 6.07) is 1.83. The number of piperidine rings is 1. The van der Waals surface area contributed by atoms with Crippen LogP contribution in [0.15, 0.2) is 4.40 Å². The van der Waals surface area contributed by atoms with E-state index >= 15 is 0 Å². The van der Waals surface area contributed by atoms with E-state index in [9.17, 15) is 0 Å². The van der Waals surface area contributed by atoms with Crippen molar-refractivity contribution >= 4 is 28.9 Å². The first-order valence-electron chi connectivity index (χ1n) is 5.41. The standard InChI is InChI=1S/C11H18ClN3S/c1-10(2)6-5-7-11(3,4)15(10)16-14-9(12)8-13/h5-7H2,1-4H3/b14-9-. The Bertz CT molecular complexity index is 315. The van der Waals surface area contributed by atoms with Gasteiger partial charge in [-0.1, -0.05) is 0 Å². The average Bonchev–Trinajstić information content (AvgIpc) is 2.14. The number of halogens is 1. The van der Waals surface area contributed by atoms with E-state index in [1.54, 1.807) is 0 Å². The van der Waals surface area contributed by atoms with Crippen molar-refractivity contribution in [2.75, 3.05) is 0 Å². The molecule has 1 saturated heterocycles. The molecule has 1 rings (SSSR count). The number of rotatable bonds is 2. The molecule has 0 bridgehead atoms. The predicted molar refractivity (Wildman–Crippen MR) is 70.3 cm³/mol. The number of hydrogen-bond donors (Lipinski definition) is 0. The zero-order chi connectivity index (χ0) is 12.4. The van der Waals surface area contributed by atoms with Crippen LogP contribution in [0.4, 0.5) is 0 Å². The Labute approximate surface area is 107 Å². The number of hydrogen-bond acceptors (Lipinski definition) is 4. The minimum Gasteiger partial charge on any atom is -0.220 e. The van der Waals surface area contributed by atoms with Gasteiger partial charge in [0.1, 0.15) is 6.07 Å². The van der Waals surface area contributed by atoms with E-state index in [0.29, 0.717) is 0 Å². The average molecular weight is 260 g/mol. The zero-order valence-electron chi connectivity index (χ0n) is 10.2. The monoisotopic (exact) mass is 259 g/mol. The fraction of sp³-hybridized carbons (Fsp3) is 0.818. The smallest absolute Gasteiger partial charge is 0.215 e. The van der Waals surface area contributed by atoms with E-state index in [2.05, 4.69) is 36.4 Å². The van der Waals surface area contributed by atoms with Gasteiger partial charge in [-0.05, 0) is 58.6 Å². The second kappa shape index (κ2) is 4.95. The summed E-state index contributed by atoms with van der Waals surface area (Å²) < 4.78 is 6.27. The molecule has 90 valence electrons. The maximum atomic E-state index is 8.58. The Morgan fingerprint density at radius 2 is 1.81 bits per heavy atom. The van der Waals surface area contributed by atoms with Crippen LogP contribution in [0, 0.1) is 11.3 Å². The third-order valence-electron chi connectivity index (χ3n) is 2.97. The molecular weight excluding hydrogens is 242 g/mol. The predicted octanol–water partition coefficient (Wildman–Crippen LogP) is 3.75. The molecule has 0 spiro atoms. The molecule has 1 heterocycles. The highest BCUT2D eigenvalue weighted by atomic mass is 35.5. The maximum Gasteiger partial charge on any atom is 0.215 e. The summed E-state index contributed by atoms with van der Waals surface area (Å²) >= 11 is 6.92. The number of nitriles is 1. The summed E-state index contributed by atoms with van der Waals surface area (Å²) in [5.41, 5.74) is 0.172. The SMILES string of the molecule is CC1(C)CCCC(C)(C)N1S/N=C(\Cl)C#N. The van der Waals surface area contributed by atoms with Crippen LogP contribution >= 0.6 is 23.7 Å². The summed E-state index contributed by atoms with van der Waals surface area (Å²) in [5, 5.41) is 8.58. The maximum absolute atomic E-state index is 8.58. The molecule has 0 saturated carbocycles. The van der Waals surface area contributed by atoms with E-state index in [1.807, 2.05) is 6.07 Å². The van der Waals surface area contributed by atoms with Gasteiger partial charge in [-0.15, -0.1) is 0 Å². The number of nitrogens with zero attached hydrogens (tertiary/aromatic N) is 3. The van der Waals surface area contributed by atoms with Crippen LogP contribution in [0.2, 0.25) is 0 Å². The third-order valence-corrected chi connectivity index (χ3v) is 4.66. The largest absolute Gasteiger partial charge is 0.220 e. The fourth-order valence-electron chi connectivity index (χ4n) is 2.29. The van der Waals surface area contributed by atoms with Crippen molar-refractivity contribution in [1.82, 2.24) is 4.31 Å². The Morgan fingerprint density at radius 3 is 2.25 bits per heavy atom. The van der Waals surface area contributed by atoms with Crippen molar-refractivity contribution in [3.63, 3.8) is 0 Å². The first-order chi connectivity index (χ1) is 7.29. The van der Waals surface area contributed by atoms with Crippen LogP contribution in [0.1, 0.15) is 47.0 Å². The van der Waals surface area contributed by atoms with E-state index in [0.717, 1.165) is 12.8 Å². The molecule has 0 N–H and O–H groups in total. The van der Waals surface area contributed by atoms with Crippen molar-refractivity contribution in [2.24, 2.45) is 4.40 Å². The van der Waals surface area contributed by atoms with Crippen LogP contribution in [0.3, 0.4) is 0 Å². The molecule has 0 aromatic carbocycles. The van der Waals surface area contributed by atoms with Gasteiger partial charge in [0.05, 0.1) is 12.1 Å². The van der Waals surface area contributed by atoms with Crippen molar-refractivity contribution in [3.05, 3.63) is 0 Å². The highest BCUT2D eigenvalue weighted by Crippen LogP contribution is 2.43. The minimum absolute atomic E-state index is 0.00201. The normalized spacial score (nSPS) is 25.1. The first-order valence-corrected chi connectivity index (χ1v) is 6.51. The van der Waals surface area contributed by atoms with E-state index < -0.39 is 0 Å². The third kappa shape index (κ3) is 3.13. The second-order valence-corrected chi connectivity index (χ2v) is 6.42. The lowest BCUT2D eigenvalue weighted by molar-refractivity contribution is 0.0678. The van der Waals surface area contributed by atoms with Crippen molar-refractivity contribution in [3.8, 4) is 6.07 Å². The van der Waals surface area contributed by atoms with E-state index in [4.69, 9.17) is 16.9 Å². The lowest BCUT2D eigenvalue weighted by Gasteiger charge is -2.50. The Balaban J connectivity index is 2.84. The summed E-state index contributed by atoms with van der Waals surface area (Å²) in [6.07, 6.45) is 3.51. The second-order valence-electron chi connectivity index (χ2n) is 5.35. The lowest BCUT2D eigenvalue weighted by Crippen LogP contribution is -2.54. The van der Waals surface area contributed by atoms with Gasteiger partial charge in [0, 0.05) is 11.1 Å². The lowest BCUT2D eigenvalue weighted by atomic mass is 9.83. The van der Waals surface area contributed by atoms with E-state index in [1.165, 1.54) is 18.6 Å². The molecule has 0 amide bonds. The van der Waals surface area contributed by atoms with Crippen molar-refractivity contribution < 1.29 is 0 Å². The molecule has 16 heavy (non-hydrogen) atoms. The Morgan fingerprint density at radius 1 is 1.31 bits per heavy atom. The molecule has 5 heteroatoms. The van der Waals surface area contributed by atoms with Gasteiger partial charge in [-0.2, -0.15) is 9.66 Å². The topological polar surface area (TPSA) is 39.4 Å². The summed E-state index contributed by atoms with van der Waals surface area (Å²) in [6.45, 7) is 8.82. The van der Waals surface area contributed by atoms with Crippen LogP contribution in [0.5, 0.6) is 0 Å². The van der Waals surface area contributed by atoms with Gasteiger partial charge in [0.15, 0.2) is 0 Å². The Kier molecular flexibility index (Phi) is 4.28. The van der Waals surface area contributed by atoms with Gasteiger partial charge in [0.2, 0.25) is 5.17 Å². The summed E-state index contributed by atoms with van der Waals surface area (Å²) in [4.78, 5) is 0.